The summed E-state index contributed by atoms with van der Waals surface area (Å²) < 4.78 is 34.5. The zero-order valence-electron chi connectivity index (χ0n) is 54.7. The van der Waals surface area contributed by atoms with Crippen LogP contribution in [0.5, 0.6) is 23.4 Å². The van der Waals surface area contributed by atoms with Crippen molar-refractivity contribution in [3.8, 4) is 23.4 Å². The molecule has 91 heavy (non-hydrogen) atoms. The molecule has 3 aliphatic heterocycles. The van der Waals surface area contributed by atoms with Gasteiger partial charge in [0.2, 0.25) is 17.6 Å². The molecule has 5 N–H and O–H groups in total. The molecule has 11 rings (SSSR count). The molecule has 2 saturated heterocycles. The molecule has 0 aromatic carbocycles. The van der Waals surface area contributed by atoms with E-state index in [0.717, 1.165) is 77.4 Å². The van der Waals surface area contributed by atoms with Crippen LogP contribution in [-0.2, 0) is 14.2 Å². The highest BCUT2D eigenvalue weighted by molar-refractivity contribution is 6.29. The van der Waals surface area contributed by atoms with Crippen molar-refractivity contribution in [1.29, 1.82) is 0 Å². The Morgan fingerprint density at radius 2 is 1.16 bits per heavy atom. The van der Waals surface area contributed by atoms with Crippen LogP contribution in [0.4, 0.5) is 5.82 Å². The first-order valence-electron chi connectivity index (χ1n) is 28.9. The molecule has 0 amide bonds. The number of aliphatic hydroxyl groups is 5. The predicted molar refractivity (Wildman–Crippen MR) is 355 cm³/mol. The molecular weight excluding hydrogens is 1180 g/mol. The summed E-state index contributed by atoms with van der Waals surface area (Å²) in [6.45, 7) is 23.3. The fraction of sp³-hybridized carbons (Fsp3) is 0.368. The van der Waals surface area contributed by atoms with Gasteiger partial charge in [0.05, 0.1) is 60.2 Å². The van der Waals surface area contributed by atoms with Crippen molar-refractivity contribution in [1.82, 2.24) is 39.9 Å². The third-order valence-corrected chi connectivity index (χ3v) is 12.3. The van der Waals surface area contributed by atoms with Crippen molar-refractivity contribution in [2.75, 3.05) is 73.0 Å². The number of hydrogen-bond acceptors (Lipinski definition) is 22. The lowest BCUT2D eigenvalue weighted by molar-refractivity contribution is -0.286. The lowest BCUT2D eigenvalue weighted by atomic mass is 10.00. The summed E-state index contributed by atoms with van der Waals surface area (Å²) in [5.74, 6) is 4.88. The Kier molecular flexibility index (Phi) is 40.1. The monoisotopic (exact) mass is 1270 g/mol. The zero-order valence-corrected chi connectivity index (χ0v) is 55.4. The van der Waals surface area contributed by atoms with E-state index in [9.17, 15) is 0 Å². The summed E-state index contributed by atoms with van der Waals surface area (Å²) in [6.07, 6.45) is 10.9. The number of nitrogens with zero attached hydrogens (tertiary/aromatic N) is 10. The van der Waals surface area contributed by atoms with E-state index in [-0.39, 0.29) is 0 Å². The minimum Gasteiger partial charge on any atom is -0.495 e. The molecule has 11 heterocycles. The summed E-state index contributed by atoms with van der Waals surface area (Å²) in [6, 6.07) is 32.9. The van der Waals surface area contributed by atoms with Gasteiger partial charge in [-0.1, -0.05) is 48.0 Å². The van der Waals surface area contributed by atoms with E-state index in [2.05, 4.69) is 73.6 Å². The molecule has 8 aromatic rings. The van der Waals surface area contributed by atoms with Gasteiger partial charge in [0, 0.05) is 97.5 Å². The highest BCUT2D eigenvalue weighted by Gasteiger charge is 2.42. The topological polar surface area (TPSA) is 284 Å². The molecule has 5 atom stereocenters. The number of anilines is 1. The molecule has 0 aliphatic carbocycles. The molecule has 22 nitrogen and oxygen atoms in total. The Hall–Kier alpha value is -8.58. The van der Waals surface area contributed by atoms with Crippen LogP contribution in [0.15, 0.2) is 176 Å². The molecule has 23 heteroatoms. The number of aliphatic imine (C=N–C) groups is 1. The van der Waals surface area contributed by atoms with Gasteiger partial charge < -0.3 is 63.6 Å². The maximum Gasteiger partial charge on any atom is 0.215 e. The highest BCUT2D eigenvalue weighted by atomic mass is 35.5. The van der Waals surface area contributed by atoms with Crippen molar-refractivity contribution < 1.29 is 58.7 Å². The lowest BCUT2D eigenvalue weighted by Crippen LogP contribution is -2.58. The number of methoxy groups -OCH3 is 4. The minimum atomic E-state index is -1.57. The molecule has 0 spiro atoms. The second-order valence-corrected chi connectivity index (χ2v) is 20.3. The maximum atomic E-state index is 9.12. The molecule has 8 aromatic heterocycles. The van der Waals surface area contributed by atoms with Crippen molar-refractivity contribution in [2.24, 2.45) is 4.99 Å². The minimum absolute atomic E-state index is 0.494. The SMILES string of the molecule is CC1=CC(C)=NCO1.COc1ccc(C)cn1.COc1ccc(C)nc1.COc1cccc(C)n1.COc1ncccc1C.Cc1ccc(Cl)nc1.Cc1ccc(N2CCOCC2)nc1.Cc1cccnc1.Cc1ccncc1.OC[C@H]1OC(O)[C@H](O)[C@@H](O)[C@@H]1O. The van der Waals surface area contributed by atoms with Crippen molar-refractivity contribution in [3.05, 3.63) is 221 Å². The van der Waals surface area contributed by atoms with E-state index in [0.29, 0.717) is 29.5 Å². The standard InChI is InChI=1S/C10H14N2O.4C7H9NO.C6H6ClN.C6H9NO.2C6H7N.C6H12O6/c1-9-2-3-10(11-8-9)12-4-6-13-7-5-12;1-6-3-4-7(9-2)5-8-6;1-6-3-4-7(9-2)8-5-6;1-6-4-3-5-8-7(6)9-2;1-6-4-3-5-7(8-6)9-2;1-5-2-3-6(7)8-4-5;1-5-3-6(2)8-4-7-5;1-6-2-4-7-5-3-6;1-6-3-2-4-7-5-6;7-1-2-3(8)4(9)5(10)6(11)12-2/h2-3,8H,4-7H2,1H3;4*3-5H,1-2H3;2-4H,1H3;3H,4H2,1-2H3;2*2-5H,1H3;2-11H,1H2/t;;;;;;;;;2-,3-,4+,5-,6?/m.........1/s1. The molecule has 0 saturated carbocycles. The van der Waals surface area contributed by atoms with Crippen LogP contribution in [-0.4, -0.2) is 170 Å². The first-order chi connectivity index (χ1) is 43.6. The van der Waals surface area contributed by atoms with Gasteiger partial charge in [-0.25, -0.2) is 24.9 Å². The summed E-state index contributed by atoms with van der Waals surface area (Å²) in [5.41, 5.74) is 10.1. The van der Waals surface area contributed by atoms with Crippen molar-refractivity contribution in [2.45, 2.75) is 99.9 Å². The molecule has 1 unspecified atom stereocenters. The van der Waals surface area contributed by atoms with Crippen LogP contribution < -0.4 is 23.8 Å². The van der Waals surface area contributed by atoms with Gasteiger partial charge in [-0.3, -0.25) is 19.9 Å². The first-order valence-corrected chi connectivity index (χ1v) is 29.2. The lowest BCUT2D eigenvalue weighted by Gasteiger charge is -2.37. The fourth-order valence-electron chi connectivity index (χ4n) is 6.93. The predicted octanol–water partition coefficient (Wildman–Crippen LogP) is 9.76. The van der Waals surface area contributed by atoms with Crippen LogP contribution >= 0.6 is 11.6 Å². The summed E-state index contributed by atoms with van der Waals surface area (Å²) in [5, 5.41) is 45.2. The van der Waals surface area contributed by atoms with Gasteiger partial charge in [-0.05, 0) is 158 Å². The second-order valence-electron chi connectivity index (χ2n) is 19.9. The zero-order chi connectivity index (χ0) is 67.3. The Morgan fingerprint density at radius 3 is 1.58 bits per heavy atom. The van der Waals surface area contributed by atoms with E-state index in [1.807, 2.05) is 166 Å². The number of aryl methyl sites for hydroxylation is 8. The molecule has 492 valence electrons. The first kappa shape index (κ1) is 78.5. The maximum absolute atomic E-state index is 9.12. The Bertz CT molecular complexity index is 3080. The van der Waals surface area contributed by atoms with E-state index in [4.69, 9.17) is 65.6 Å². The van der Waals surface area contributed by atoms with E-state index < -0.39 is 37.3 Å². The Morgan fingerprint density at radius 1 is 0.527 bits per heavy atom. The van der Waals surface area contributed by atoms with Gasteiger partial charge >= 0.3 is 0 Å². The number of ether oxygens (including phenoxy) is 7. The third kappa shape index (κ3) is 35.4. The number of allylic oxidation sites excluding steroid dienone is 2. The average Bonchev–Trinajstić information content (AvgIpc) is 1.52. The molecule has 3 aliphatic rings. The molecule has 2 fully saturated rings. The third-order valence-electron chi connectivity index (χ3n) is 12.1. The number of aliphatic hydroxyl groups excluding tert-OH is 5. The van der Waals surface area contributed by atoms with Gasteiger partial charge in [-0.15, -0.1) is 0 Å². The van der Waals surface area contributed by atoms with Crippen LogP contribution in [0.25, 0.3) is 0 Å². The number of halogens is 1. The number of hydrogen-bond donors (Lipinski definition) is 5. The van der Waals surface area contributed by atoms with E-state index in [1.54, 1.807) is 77.9 Å². The summed E-state index contributed by atoms with van der Waals surface area (Å²) >= 11 is 5.50. The van der Waals surface area contributed by atoms with Gasteiger partial charge in [0.1, 0.15) is 41.1 Å². The smallest absolute Gasteiger partial charge is 0.215 e. The van der Waals surface area contributed by atoms with Crippen LogP contribution in [0.3, 0.4) is 0 Å². The molecule has 0 radical (unpaired) electrons. The van der Waals surface area contributed by atoms with Crippen LogP contribution in [0, 0.1) is 55.4 Å². The summed E-state index contributed by atoms with van der Waals surface area (Å²) in [4.78, 5) is 38.2. The molecular formula is C68H91ClN10O12. The number of pyridine rings is 8. The van der Waals surface area contributed by atoms with Crippen molar-refractivity contribution in [3.63, 3.8) is 0 Å². The fourth-order valence-corrected chi connectivity index (χ4v) is 7.04. The Labute approximate surface area is 541 Å². The molecule has 0 bridgehead atoms. The van der Waals surface area contributed by atoms with Crippen LogP contribution in [0.2, 0.25) is 5.15 Å². The number of aromatic nitrogens is 8. The number of morpholine rings is 1. The largest absolute Gasteiger partial charge is 0.495 e. The number of rotatable bonds is 6. The summed E-state index contributed by atoms with van der Waals surface area (Å²) in [7, 11) is 6.47. The van der Waals surface area contributed by atoms with Gasteiger partial charge in [-0.2, -0.15) is 0 Å². The van der Waals surface area contributed by atoms with Crippen molar-refractivity contribution >= 4 is 23.1 Å². The normalized spacial score (nSPS) is 16.4. The van der Waals surface area contributed by atoms with Gasteiger partial charge in [0.15, 0.2) is 13.0 Å². The quantitative estimate of drug-likeness (QED) is 0.0968. The van der Waals surface area contributed by atoms with E-state index in [1.165, 1.54) is 16.7 Å². The highest BCUT2D eigenvalue weighted by Crippen LogP contribution is 2.19. The van der Waals surface area contributed by atoms with Crippen LogP contribution in [0.1, 0.15) is 58.6 Å². The van der Waals surface area contributed by atoms with Gasteiger partial charge in [0.25, 0.3) is 0 Å². The average molecular weight is 1280 g/mol. The van der Waals surface area contributed by atoms with E-state index >= 15 is 0 Å². The Balaban J connectivity index is 0.000000346. The second kappa shape index (κ2) is 46.5.